The molecule has 0 rings (SSSR count). The van der Waals surface area contributed by atoms with Crippen molar-refractivity contribution in [3.8, 4) is 24.7 Å². The smallest absolute Gasteiger partial charge is 0.0756 e. The Hall–Kier alpha value is -0.663. The average molecular weight is 150 g/mol. The SMILES string of the molecule is C#CC[Si](C)(CC)CC#C. The zero-order chi connectivity index (χ0) is 8.04. The van der Waals surface area contributed by atoms with E-state index in [0.717, 1.165) is 12.1 Å². The Kier molecular flexibility index (Phi) is 3.92. The molecule has 0 unspecified atom stereocenters. The summed E-state index contributed by atoms with van der Waals surface area (Å²) in [5.74, 6) is 5.42. The van der Waals surface area contributed by atoms with Crippen LogP contribution in [0.25, 0.3) is 0 Å². The van der Waals surface area contributed by atoms with Crippen LogP contribution in [0.5, 0.6) is 0 Å². The van der Waals surface area contributed by atoms with Crippen LogP contribution in [-0.4, -0.2) is 8.07 Å². The first kappa shape index (κ1) is 9.34. The van der Waals surface area contributed by atoms with Crippen molar-refractivity contribution in [2.45, 2.75) is 31.6 Å². The van der Waals surface area contributed by atoms with Gasteiger partial charge in [-0.05, 0) is 0 Å². The minimum Gasteiger partial charge on any atom is -0.120 e. The molecule has 0 saturated carbocycles. The molecule has 0 spiro atoms. The molecule has 54 valence electrons. The first-order valence-electron chi connectivity index (χ1n) is 3.55. The van der Waals surface area contributed by atoms with Crippen molar-refractivity contribution in [3.05, 3.63) is 0 Å². The van der Waals surface area contributed by atoms with Gasteiger partial charge < -0.3 is 0 Å². The van der Waals surface area contributed by atoms with Gasteiger partial charge in [0.2, 0.25) is 0 Å². The molecule has 0 nitrogen and oxygen atoms in total. The van der Waals surface area contributed by atoms with Gasteiger partial charge in [0.25, 0.3) is 0 Å². The van der Waals surface area contributed by atoms with Gasteiger partial charge in [0.05, 0.1) is 8.07 Å². The maximum absolute atomic E-state index is 5.24. The molecular formula is C9H14Si. The predicted molar refractivity (Wildman–Crippen MR) is 49.4 cm³/mol. The molecule has 0 atom stereocenters. The van der Waals surface area contributed by atoms with E-state index in [1.807, 2.05) is 0 Å². The van der Waals surface area contributed by atoms with Crippen molar-refractivity contribution >= 4 is 8.07 Å². The van der Waals surface area contributed by atoms with Gasteiger partial charge in [-0.25, -0.2) is 0 Å². The lowest BCUT2D eigenvalue weighted by Crippen LogP contribution is -2.26. The molecule has 0 heterocycles. The summed E-state index contributed by atoms with van der Waals surface area (Å²) in [5.41, 5.74) is 0. The third-order valence-corrected chi connectivity index (χ3v) is 5.73. The molecule has 1 heteroatoms. The van der Waals surface area contributed by atoms with Crippen molar-refractivity contribution in [2.75, 3.05) is 0 Å². The van der Waals surface area contributed by atoms with E-state index in [1.54, 1.807) is 0 Å². The maximum atomic E-state index is 5.24. The second kappa shape index (κ2) is 4.20. The number of terminal acetylenes is 2. The average Bonchev–Trinajstić information content (AvgIpc) is 1.89. The summed E-state index contributed by atoms with van der Waals surface area (Å²) in [6.07, 6.45) is 10.5. The molecule has 0 aromatic rings. The molecule has 0 bridgehead atoms. The van der Waals surface area contributed by atoms with Crippen LogP contribution in [0.4, 0.5) is 0 Å². The molecule has 0 amide bonds. The highest BCUT2D eigenvalue weighted by atomic mass is 28.3. The van der Waals surface area contributed by atoms with E-state index in [1.165, 1.54) is 6.04 Å². The van der Waals surface area contributed by atoms with Crippen LogP contribution in [0.15, 0.2) is 0 Å². The number of rotatable bonds is 3. The quantitative estimate of drug-likeness (QED) is 0.428. The Labute approximate surface area is 65.0 Å². The largest absolute Gasteiger partial charge is 0.120 e. The molecule has 0 radical (unpaired) electrons. The van der Waals surface area contributed by atoms with Gasteiger partial charge >= 0.3 is 0 Å². The first-order chi connectivity index (χ1) is 4.68. The third kappa shape index (κ3) is 2.76. The summed E-state index contributed by atoms with van der Waals surface area (Å²) in [6, 6.07) is 3.04. The van der Waals surface area contributed by atoms with Gasteiger partial charge in [-0.2, -0.15) is 0 Å². The molecule has 0 fully saturated rings. The van der Waals surface area contributed by atoms with Crippen molar-refractivity contribution < 1.29 is 0 Å². The Morgan fingerprint density at radius 3 is 1.80 bits per heavy atom. The van der Waals surface area contributed by atoms with Crippen molar-refractivity contribution in [3.63, 3.8) is 0 Å². The molecule has 0 aliphatic heterocycles. The Morgan fingerprint density at radius 2 is 1.60 bits per heavy atom. The van der Waals surface area contributed by atoms with Gasteiger partial charge in [-0.3, -0.25) is 0 Å². The lowest BCUT2D eigenvalue weighted by atomic mass is 10.8. The second-order valence-electron chi connectivity index (χ2n) is 2.93. The predicted octanol–water partition coefficient (Wildman–Crippen LogP) is 2.35. The van der Waals surface area contributed by atoms with Crippen LogP contribution in [-0.2, 0) is 0 Å². The first-order valence-corrected chi connectivity index (χ1v) is 6.67. The van der Waals surface area contributed by atoms with E-state index in [9.17, 15) is 0 Å². The molecule has 0 aromatic heterocycles. The highest BCUT2D eigenvalue weighted by molar-refractivity contribution is 6.79. The van der Waals surface area contributed by atoms with E-state index in [4.69, 9.17) is 12.8 Å². The van der Waals surface area contributed by atoms with E-state index < -0.39 is 8.07 Å². The topological polar surface area (TPSA) is 0 Å². The number of hydrogen-bond acceptors (Lipinski definition) is 0. The minimum absolute atomic E-state index is 0.924. The summed E-state index contributed by atoms with van der Waals surface area (Å²) in [7, 11) is -1.20. The van der Waals surface area contributed by atoms with Crippen LogP contribution >= 0.6 is 0 Å². The standard InChI is InChI=1S/C9H14Si/c1-5-8-10(4,7-3)9-6-2/h1-2H,7-9H2,3-4H3. The second-order valence-corrected chi connectivity index (χ2v) is 7.96. The fourth-order valence-corrected chi connectivity index (χ4v) is 2.42. The van der Waals surface area contributed by atoms with Gasteiger partial charge in [-0.1, -0.05) is 19.5 Å². The number of hydrogen-bond donors (Lipinski definition) is 0. The Morgan fingerprint density at radius 1 is 1.20 bits per heavy atom. The summed E-state index contributed by atoms with van der Waals surface area (Å²) in [6.45, 7) is 4.45. The minimum atomic E-state index is -1.20. The fourth-order valence-electron chi connectivity index (χ4n) is 0.805. The normalized spacial score (nSPS) is 10.0. The van der Waals surface area contributed by atoms with Crippen molar-refractivity contribution in [1.29, 1.82) is 0 Å². The van der Waals surface area contributed by atoms with Gasteiger partial charge in [0, 0.05) is 12.1 Å². The Bertz CT molecular complexity index is 152. The molecule has 0 aromatic carbocycles. The van der Waals surface area contributed by atoms with E-state index in [0.29, 0.717) is 0 Å². The summed E-state index contributed by atoms with van der Waals surface area (Å²) < 4.78 is 0. The highest BCUT2D eigenvalue weighted by Crippen LogP contribution is 2.18. The van der Waals surface area contributed by atoms with Crippen molar-refractivity contribution in [1.82, 2.24) is 0 Å². The molecular weight excluding hydrogens is 136 g/mol. The summed E-state index contributed by atoms with van der Waals surface area (Å²) >= 11 is 0. The zero-order valence-corrected chi connectivity index (χ0v) is 7.78. The monoisotopic (exact) mass is 150 g/mol. The van der Waals surface area contributed by atoms with Gasteiger partial charge in [-0.15, -0.1) is 24.7 Å². The third-order valence-electron chi connectivity index (χ3n) is 1.91. The summed E-state index contributed by atoms with van der Waals surface area (Å²) in [5, 5.41) is 0. The zero-order valence-electron chi connectivity index (χ0n) is 6.78. The lowest BCUT2D eigenvalue weighted by Gasteiger charge is -2.19. The van der Waals surface area contributed by atoms with Crippen LogP contribution in [0.2, 0.25) is 24.7 Å². The molecule has 0 saturated heterocycles. The van der Waals surface area contributed by atoms with Crippen LogP contribution in [0.1, 0.15) is 6.92 Å². The van der Waals surface area contributed by atoms with Crippen molar-refractivity contribution in [2.24, 2.45) is 0 Å². The van der Waals surface area contributed by atoms with E-state index in [-0.39, 0.29) is 0 Å². The van der Waals surface area contributed by atoms with E-state index >= 15 is 0 Å². The molecule has 0 aliphatic rings. The van der Waals surface area contributed by atoms with Crippen LogP contribution < -0.4 is 0 Å². The fraction of sp³-hybridized carbons (Fsp3) is 0.556. The molecule has 0 aliphatic carbocycles. The molecule has 10 heavy (non-hydrogen) atoms. The van der Waals surface area contributed by atoms with Gasteiger partial charge in [0.1, 0.15) is 0 Å². The van der Waals surface area contributed by atoms with Gasteiger partial charge in [0.15, 0.2) is 0 Å². The molecule has 0 N–H and O–H groups in total. The lowest BCUT2D eigenvalue weighted by molar-refractivity contribution is 1.29. The summed E-state index contributed by atoms with van der Waals surface area (Å²) in [4.78, 5) is 0. The van der Waals surface area contributed by atoms with E-state index in [2.05, 4.69) is 25.3 Å². The van der Waals surface area contributed by atoms with Crippen LogP contribution in [0.3, 0.4) is 0 Å². The Balaban J connectivity index is 4.00. The van der Waals surface area contributed by atoms with Crippen LogP contribution in [0, 0.1) is 24.7 Å². The highest BCUT2D eigenvalue weighted by Gasteiger charge is 2.21. The maximum Gasteiger partial charge on any atom is 0.0756 e.